The average Bonchev–Trinajstić information content (AvgIpc) is 3.17. The van der Waals surface area contributed by atoms with E-state index in [1.54, 1.807) is 11.3 Å². The second-order valence-corrected chi connectivity index (χ2v) is 7.47. The summed E-state index contributed by atoms with van der Waals surface area (Å²) in [7, 11) is 0. The van der Waals surface area contributed by atoms with Gasteiger partial charge >= 0.3 is 0 Å². The number of pyridine rings is 1. The zero-order valence-electron chi connectivity index (χ0n) is 13.2. The molecule has 120 valence electrons. The van der Waals surface area contributed by atoms with E-state index in [0.29, 0.717) is 0 Å². The first-order valence-electron chi connectivity index (χ1n) is 8.32. The largest absolute Gasteiger partial charge is 0.335 e. The van der Waals surface area contributed by atoms with Crippen LogP contribution in [0.25, 0.3) is 0 Å². The molecule has 1 amide bonds. The highest BCUT2D eigenvalue weighted by Gasteiger charge is 2.25. The molecule has 1 saturated heterocycles. The molecule has 0 N–H and O–H groups in total. The number of piperazine rings is 1. The maximum atomic E-state index is 12.7. The molecule has 0 atom stereocenters. The summed E-state index contributed by atoms with van der Waals surface area (Å²) in [6.07, 6.45) is 7.24. The predicted molar refractivity (Wildman–Crippen MR) is 91.8 cm³/mol. The van der Waals surface area contributed by atoms with Crippen LogP contribution in [0.3, 0.4) is 0 Å². The summed E-state index contributed by atoms with van der Waals surface area (Å²) in [5.41, 5.74) is 2.70. The summed E-state index contributed by atoms with van der Waals surface area (Å²) in [6, 6.07) is 6.26. The maximum Gasteiger partial charge on any atom is 0.264 e. The SMILES string of the molecule is O=C(c1cc2c(s1)CCC2)N1CCN(Cc2ccncc2)CC1. The Bertz CT molecular complexity index is 668. The first kappa shape index (κ1) is 14.8. The number of fused-ring (bicyclic) bond motifs is 1. The van der Waals surface area contributed by atoms with Gasteiger partial charge in [-0.1, -0.05) is 0 Å². The quantitative estimate of drug-likeness (QED) is 0.869. The lowest BCUT2D eigenvalue weighted by Gasteiger charge is -2.34. The van der Waals surface area contributed by atoms with Gasteiger partial charge in [-0.2, -0.15) is 0 Å². The topological polar surface area (TPSA) is 36.4 Å². The standard InChI is InChI=1S/C18H21N3OS/c22-18(17-12-15-2-1-3-16(15)23-17)21-10-8-20(9-11-21)13-14-4-6-19-7-5-14/h4-7,12H,1-3,8-11,13H2. The van der Waals surface area contributed by atoms with Gasteiger partial charge in [-0.15, -0.1) is 11.3 Å². The highest BCUT2D eigenvalue weighted by Crippen LogP contribution is 2.31. The van der Waals surface area contributed by atoms with Crippen LogP contribution in [0, 0.1) is 0 Å². The maximum absolute atomic E-state index is 12.7. The van der Waals surface area contributed by atoms with Crippen molar-refractivity contribution in [3.8, 4) is 0 Å². The molecule has 1 fully saturated rings. The van der Waals surface area contributed by atoms with E-state index in [0.717, 1.165) is 50.4 Å². The van der Waals surface area contributed by atoms with E-state index in [9.17, 15) is 4.79 Å². The third kappa shape index (κ3) is 3.16. The van der Waals surface area contributed by atoms with Gasteiger partial charge in [0.2, 0.25) is 0 Å². The zero-order valence-corrected chi connectivity index (χ0v) is 14.0. The van der Waals surface area contributed by atoms with Crippen LogP contribution in [0.5, 0.6) is 0 Å². The molecule has 5 heteroatoms. The van der Waals surface area contributed by atoms with Gasteiger partial charge in [0, 0.05) is 50.0 Å². The van der Waals surface area contributed by atoms with Gasteiger partial charge in [0.25, 0.3) is 5.91 Å². The number of aryl methyl sites for hydroxylation is 2. The van der Waals surface area contributed by atoms with E-state index >= 15 is 0 Å². The van der Waals surface area contributed by atoms with Crippen molar-refractivity contribution in [1.82, 2.24) is 14.8 Å². The van der Waals surface area contributed by atoms with Gasteiger partial charge in [0.1, 0.15) is 0 Å². The fourth-order valence-electron chi connectivity index (χ4n) is 3.45. The Labute approximate surface area is 140 Å². The zero-order chi connectivity index (χ0) is 15.6. The Kier molecular flexibility index (Phi) is 4.14. The second-order valence-electron chi connectivity index (χ2n) is 6.34. The van der Waals surface area contributed by atoms with E-state index in [1.807, 2.05) is 17.3 Å². The molecule has 2 aromatic heterocycles. The normalized spacial score (nSPS) is 18.2. The third-order valence-electron chi connectivity index (χ3n) is 4.77. The Morgan fingerprint density at radius 3 is 2.65 bits per heavy atom. The van der Waals surface area contributed by atoms with Gasteiger partial charge in [-0.25, -0.2) is 0 Å². The highest BCUT2D eigenvalue weighted by atomic mass is 32.1. The van der Waals surface area contributed by atoms with Crippen LogP contribution < -0.4 is 0 Å². The van der Waals surface area contributed by atoms with Crippen molar-refractivity contribution in [2.75, 3.05) is 26.2 Å². The number of carbonyl (C=O) groups excluding carboxylic acids is 1. The van der Waals surface area contributed by atoms with Crippen molar-refractivity contribution < 1.29 is 4.79 Å². The molecule has 1 aliphatic carbocycles. The molecule has 2 aromatic rings. The minimum atomic E-state index is 0.230. The first-order valence-corrected chi connectivity index (χ1v) is 9.13. The molecule has 3 heterocycles. The van der Waals surface area contributed by atoms with Gasteiger partial charge in [-0.3, -0.25) is 14.7 Å². The minimum absolute atomic E-state index is 0.230. The molecule has 0 aromatic carbocycles. The van der Waals surface area contributed by atoms with Crippen molar-refractivity contribution in [2.24, 2.45) is 0 Å². The van der Waals surface area contributed by atoms with Crippen molar-refractivity contribution >= 4 is 17.2 Å². The van der Waals surface area contributed by atoms with E-state index in [-0.39, 0.29) is 5.91 Å². The van der Waals surface area contributed by atoms with Gasteiger partial charge in [0.05, 0.1) is 4.88 Å². The molecule has 0 unspecified atom stereocenters. The van der Waals surface area contributed by atoms with Crippen LogP contribution in [0.2, 0.25) is 0 Å². The van der Waals surface area contributed by atoms with E-state index < -0.39 is 0 Å². The molecule has 0 saturated carbocycles. The highest BCUT2D eigenvalue weighted by molar-refractivity contribution is 7.14. The summed E-state index contributed by atoms with van der Waals surface area (Å²) < 4.78 is 0. The molecular weight excluding hydrogens is 306 g/mol. The average molecular weight is 327 g/mol. The molecule has 0 bridgehead atoms. The van der Waals surface area contributed by atoms with Crippen molar-refractivity contribution in [3.63, 3.8) is 0 Å². The van der Waals surface area contributed by atoms with Crippen molar-refractivity contribution in [1.29, 1.82) is 0 Å². The van der Waals surface area contributed by atoms with Crippen molar-refractivity contribution in [3.05, 3.63) is 51.5 Å². The van der Waals surface area contributed by atoms with Gasteiger partial charge in [0.15, 0.2) is 0 Å². The monoisotopic (exact) mass is 327 g/mol. The van der Waals surface area contributed by atoms with E-state index in [2.05, 4.69) is 28.1 Å². The summed E-state index contributed by atoms with van der Waals surface area (Å²) >= 11 is 1.72. The van der Waals surface area contributed by atoms with Gasteiger partial charge in [-0.05, 0) is 48.6 Å². The Hall–Kier alpha value is -1.72. The van der Waals surface area contributed by atoms with Crippen LogP contribution >= 0.6 is 11.3 Å². The lowest BCUT2D eigenvalue weighted by Crippen LogP contribution is -2.48. The van der Waals surface area contributed by atoms with Crippen LogP contribution in [0.4, 0.5) is 0 Å². The number of hydrogen-bond acceptors (Lipinski definition) is 4. The van der Waals surface area contributed by atoms with Crippen molar-refractivity contribution in [2.45, 2.75) is 25.8 Å². The Morgan fingerprint density at radius 1 is 1.13 bits per heavy atom. The molecule has 0 radical (unpaired) electrons. The third-order valence-corrected chi connectivity index (χ3v) is 6.00. The summed E-state index contributed by atoms with van der Waals surface area (Å²) in [5, 5.41) is 0. The van der Waals surface area contributed by atoms with Crippen LogP contribution in [-0.2, 0) is 19.4 Å². The summed E-state index contributed by atoms with van der Waals surface area (Å²) in [4.78, 5) is 23.5. The molecule has 4 rings (SSSR count). The lowest BCUT2D eigenvalue weighted by molar-refractivity contribution is 0.0633. The number of aromatic nitrogens is 1. The number of thiophene rings is 1. The predicted octanol–water partition coefficient (Wildman–Crippen LogP) is 2.59. The fraction of sp³-hybridized carbons (Fsp3) is 0.444. The Morgan fingerprint density at radius 2 is 1.91 bits per heavy atom. The minimum Gasteiger partial charge on any atom is -0.335 e. The summed E-state index contributed by atoms with van der Waals surface area (Å²) in [5.74, 6) is 0.230. The Balaban J connectivity index is 1.34. The van der Waals surface area contributed by atoms with Crippen LogP contribution in [-0.4, -0.2) is 46.9 Å². The number of hydrogen-bond donors (Lipinski definition) is 0. The van der Waals surface area contributed by atoms with E-state index in [1.165, 1.54) is 22.4 Å². The second kappa shape index (κ2) is 6.42. The number of amides is 1. The molecular formula is C18H21N3OS. The number of carbonyl (C=O) groups is 1. The first-order chi connectivity index (χ1) is 11.3. The van der Waals surface area contributed by atoms with E-state index in [4.69, 9.17) is 0 Å². The fourth-order valence-corrected chi connectivity index (χ4v) is 4.67. The van der Waals surface area contributed by atoms with Crippen LogP contribution in [0.1, 0.15) is 32.1 Å². The molecule has 2 aliphatic rings. The van der Waals surface area contributed by atoms with Crippen LogP contribution in [0.15, 0.2) is 30.6 Å². The van der Waals surface area contributed by atoms with Gasteiger partial charge < -0.3 is 4.90 Å². The molecule has 1 aliphatic heterocycles. The molecule has 23 heavy (non-hydrogen) atoms. The molecule has 4 nitrogen and oxygen atoms in total. The molecule has 0 spiro atoms. The smallest absolute Gasteiger partial charge is 0.264 e. The summed E-state index contributed by atoms with van der Waals surface area (Å²) in [6.45, 7) is 4.48. The number of nitrogens with zero attached hydrogens (tertiary/aromatic N) is 3. The number of rotatable bonds is 3. The lowest BCUT2D eigenvalue weighted by atomic mass is 10.2.